The number of ether oxygens (including phenoxy) is 2. The van der Waals surface area contributed by atoms with E-state index in [0.29, 0.717) is 24.3 Å². The molecule has 0 N–H and O–H groups in total. The van der Waals surface area contributed by atoms with Crippen LogP contribution in [0, 0.1) is 0 Å². The molecule has 0 unspecified atom stereocenters. The largest absolute Gasteiger partial charge is 0.498 e. The summed E-state index contributed by atoms with van der Waals surface area (Å²) in [5.41, 5.74) is 1.30. The highest BCUT2D eigenvalue weighted by atomic mass is 79.9. The third-order valence-electron chi connectivity index (χ3n) is 2.93. The molecule has 114 valence electrons. The lowest BCUT2D eigenvalue weighted by molar-refractivity contribution is 0.103. The predicted molar refractivity (Wildman–Crippen MR) is 90.3 cm³/mol. The van der Waals surface area contributed by atoms with Gasteiger partial charge in [-0.25, -0.2) is 0 Å². The summed E-state index contributed by atoms with van der Waals surface area (Å²) in [5, 5.41) is 0. The standard InChI is InChI=1S/C18H17BrO3/c1-2-11-21-12-13-22-17-9-5-15(6-10-17)18(20)14-3-7-16(19)8-4-14/h2-11H,12-13H2,1H3. The Morgan fingerprint density at radius 3 is 2.18 bits per heavy atom. The van der Waals surface area contributed by atoms with Crippen LogP contribution in [0.3, 0.4) is 0 Å². The Morgan fingerprint density at radius 1 is 1.00 bits per heavy atom. The summed E-state index contributed by atoms with van der Waals surface area (Å²) in [7, 11) is 0. The van der Waals surface area contributed by atoms with E-state index in [4.69, 9.17) is 9.47 Å². The monoisotopic (exact) mass is 360 g/mol. The van der Waals surface area contributed by atoms with Crippen LogP contribution in [-0.2, 0) is 4.74 Å². The second kappa shape index (κ2) is 8.39. The minimum Gasteiger partial charge on any atom is -0.498 e. The maximum atomic E-state index is 12.3. The van der Waals surface area contributed by atoms with Gasteiger partial charge in [0.1, 0.15) is 19.0 Å². The van der Waals surface area contributed by atoms with Gasteiger partial charge in [-0.2, -0.15) is 0 Å². The first-order valence-corrected chi connectivity index (χ1v) is 7.76. The van der Waals surface area contributed by atoms with Crippen molar-refractivity contribution in [3.8, 4) is 5.75 Å². The Morgan fingerprint density at radius 2 is 1.59 bits per heavy atom. The van der Waals surface area contributed by atoms with Crippen LogP contribution in [0.5, 0.6) is 5.75 Å². The van der Waals surface area contributed by atoms with E-state index in [1.54, 1.807) is 42.7 Å². The fourth-order valence-corrected chi connectivity index (χ4v) is 2.11. The van der Waals surface area contributed by atoms with E-state index in [0.717, 1.165) is 10.2 Å². The first kappa shape index (κ1) is 16.3. The number of ketones is 1. The molecule has 0 atom stereocenters. The summed E-state index contributed by atoms with van der Waals surface area (Å²) in [5.74, 6) is 0.715. The van der Waals surface area contributed by atoms with Crippen LogP contribution in [0.4, 0.5) is 0 Å². The molecule has 0 aliphatic heterocycles. The minimum absolute atomic E-state index is 0.00420. The van der Waals surface area contributed by atoms with Gasteiger partial charge in [-0.15, -0.1) is 0 Å². The van der Waals surface area contributed by atoms with Gasteiger partial charge in [0.15, 0.2) is 5.78 Å². The maximum Gasteiger partial charge on any atom is 0.193 e. The van der Waals surface area contributed by atoms with Crippen molar-refractivity contribution in [3.05, 3.63) is 76.5 Å². The van der Waals surface area contributed by atoms with Crippen LogP contribution in [-0.4, -0.2) is 19.0 Å². The summed E-state index contributed by atoms with van der Waals surface area (Å²) < 4.78 is 11.7. The van der Waals surface area contributed by atoms with Gasteiger partial charge in [-0.3, -0.25) is 4.79 Å². The molecule has 22 heavy (non-hydrogen) atoms. The van der Waals surface area contributed by atoms with Gasteiger partial charge in [-0.1, -0.05) is 22.0 Å². The molecule has 0 aliphatic carbocycles. The minimum atomic E-state index is -0.00420. The fraction of sp³-hybridized carbons (Fsp3) is 0.167. The Balaban J connectivity index is 1.93. The summed E-state index contributed by atoms with van der Waals surface area (Å²) in [6, 6.07) is 14.4. The molecule has 0 spiro atoms. The lowest BCUT2D eigenvalue weighted by Crippen LogP contribution is -2.05. The van der Waals surface area contributed by atoms with Crippen molar-refractivity contribution < 1.29 is 14.3 Å². The fourth-order valence-electron chi connectivity index (χ4n) is 1.84. The molecular formula is C18H17BrO3. The molecule has 0 saturated carbocycles. The lowest BCUT2D eigenvalue weighted by Gasteiger charge is -2.07. The Kier molecular flexibility index (Phi) is 6.22. The summed E-state index contributed by atoms with van der Waals surface area (Å²) in [6.07, 6.45) is 3.45. The Hall–Kier alpha value is -2.07. The van der Waals surface area contributed by atoms with Crippen LogP contribution < -0.4 is 4.74 Å². The second-order valence-electron chi connectivity index (χ2n) is 4.55. The number of carbonyl (C=O) groups is 1. The van der Waals surface area contributed by atoms with Crippen molar-refractivity contribution in [2.24, 2.45) is 0 Å². The zero-order valence-corrected chi connectivity index (χ0v) is 13.9. The van der Waals surface area contributed by atoms with Crippen molar-refractivity contribution >= 4 is 21.7 Å². The Bertz CT molecular complexity index is 630. The summed E-state index contributed by atoms with van der Waals surface area (Å²) in [4.78, 5) is 12.3. The van der Waals surface area contributed by atoms with E-state index in [2.05, 4.69) is 15.9 Å². The normalized spacial score (nSPS) is 10.6. The molecule has 0 saturated heterocycles. The molecule has 0 aromatic heterocycles. The number of carbonyl (C=O) groups excluding carboxylic acids is 1. The third-order valence-corrected chi connectivity index (χ3v) is 3.45. The summed E-state index contributed by atoms with van der Waals surface area (Å²) in [6.45, 7) is 2.84. The van der Waals surface area contributed by atoms with Crippen molar-refractivity contribution in [3.63, 3.8) is 0 Å². The predicted octanol–water partition coefficient (Wildman–Crippen LogP) is 4.61. The van der Waals surface area contributed by atoms with E-state index in [-0.39, 0.29) is 5.78 Å². The van der Waals surface area contributed by atoms with Gasteiger partial charge in [0.05, 0.1) is 6.26 Å². The van der Waals surface area contributed by atoms with Crippen LogP contribution in [0.25, 0.3) is 0 Å². The zero-order valence-electron chi connectivity index (χ0n) is 12.3. The first-order chi connectivity index (χ1) is 10.7. The number of halogens is 1. The zero-order chi connectivity index (χ0) is 15.8. The van der Waals surface area contributed by atoms with Gasteiger partial charge in [0, 0.05) is 15.6 Å². The molecule has 2 rings (SSSR count). The van der Waals surface area contributed by atoms with Crippen molar-refractivity contribution in [1.82, 2.24) is 0 Å². The second-order valence-corrected chi connectivity index (χ2v) is 5.46. The first-order valence-electron chi connectivity index (χ1n) is 6.96. The highest BCUT2D eigenvalue weighted by molar-refractivity contribution is 9.10. The van der Waals surface area contributed by atoms with E-state index in [1.807, 2.05) is 25.1 Å². The number of rotatable bonds is 7. The molecule has 2 aromatic rings. The molecule has 4 heteroatoms. The highest BCUT2D eigenvalue weighted by Gasteiger charge is 2.08. The van der Waals surface area contributed by atoms with Gasteiger partial charge < -0.3 is 9.47 Å². The van der Waals surface area contributed by atoms with Crippen molar-refractivity contribution in [2.75, 3.05) is 13.2 Å². The lowest BCUT2D eigenvalue weighted by atomic mass is 10.0. The highest BCUT2D eigenvalue weighted by Crippen LogP contribution is 2.17. The molecule has 3 nitrogen and oxygen atoms in total. The van der Waals surface area contributed by atoms with Gasteiger partial charge in [0.25, 0.3) is 0 Å². The number of allylic oxidation sites excluding steroid dienone is 1. The van der Waals surface area contributed by atoms with Crippen LogP contribution in [0.15, 0.2) is 65.3 Å². The van der Waals surface area contributed by atoms with E-state index < -0.39 is 0 Å². The summed E-state index contributed by atoms with van der Waals surface area (Å²) >= 11 is 3.36. The molecule has 0 bridgehead atoms. The smallest absolute Gasteiger partial charge is 0.193 e. The molecule has 0 heterocycles. The van der Waals surface area contributed by atoms with Crippen LogP contribution >= 0.6 is 15.9 Å². The quantitative estimate of drug-likeness (QED) is 0.411. The number of hydrogen-bond acceptors (Lipinski definition) is 3. The van der Waals surface area contributed by atoms with Crippen LogP contribution in [0.1, 0.15) is 22.8 Å². The van der Waals surface area contributed by atoms with Crippen molar-refractivity contribution in [2.45, 2.75) is 6.92 Å². The third kappa shape index (κ3) is 4.74. The van der Waals surface area contributed by atoms with E-state index in [1.165, 1.54) is 0 Å². The van der Waals surface area contributed by atoms with Gasteiger partial charge in [0.2, 0.25) is 0 Å². The molecular weight excluding hydrogens is 344 g/mol. The molecule has 0 radical (unpaired) electrons. The molecule has 0 aliphatic rings. The maximum absolute atomic E-state index is 12.3. The molecule has 0 fully saturated rings. The molecule has 0 amide bonds. The average Bonchev–Trinajstić information content (AvgIpc) is 2.55. The average molecular weight is 361 g/mol. The van der Waals surface area contributed by atoms with E-state index >= 15 is 0 Å². The number of benzene rings is 2. The molecule has 2 aromatic carbocycles. The van der Waals surface area contributed by atoms with Crippen LogP contribution in [0.2, 0.25) is 0 Å². The Labute approximate surface area is 138 Å². The SMILES string of the molecule is CC=COCCOc1ccc(C(=O)c2ccc(Br)cc2)cc1. The van der Waals surface area contributed by atoms with Gasteiger partial charge in [-0.05, 0) is 55.5 Å². The van der Waals surface area contributed by atoms with E-state index in [9.17, 15) is 4.79 Å². The van der Waals surface area contributed by atoms with Crippen molar-refractivity contribution in [1.29, 1.82) is 0 Å². The topological polar surface area (TPSA) is 35.5 Å². The number of hydrogen-bond donors (Lipinski definition) is 0. The van der Waals surface area contributed by atoms with Gasteiger partial charge >= 0.3 is 0 Å².